The zero-order chi connectivity index (χ0) is 19.3. The average molecular weight is 501 g/mol. The molecule has 154 valence electrons. The highest BCUT2D eigenvalue weighted by Gasteiger charge is 2.24. The van der Waals surface area contributed by atoms with E-state index in [-0.39, 0.29) is 35.2 Å². The number of aromatic nitrogens is 1. The van der Waals surface area contributed by atoms with Gasteiger partial charge in [-0.2, -0.15) is 0 Å². The van der Waals surface area contributed by atoms with Gasteiger partial charge in [0, 0.05) is 57.8 Å². The maximum atomic E-state index is 13.6. The van der Waals surface area contributed by atoms with Gasteiger partial charge in [-0.25, -0.2) is 4.39 Å². The lowest BCUT2D eigenvalue weighted by atomic mass is 9.84. The molecule has 1 N–H and O–H groups in total. The summed E-state index contributed by atoms with van der Waals surface area (Å²) in [6.07, 6.45) is 1.61. The highest BCUT2D eigenvalue weighted by atomic mass is 127. The predicted octanol–water partition coefficient (Wildman–Crippen LogP) is 3.10. The predicted molar refractivity (Wildman–Crippen MR) is 120 cm³/mol. The molecule has 0 amide bonds. The first-order valence-corrected chi connectivity index (χ1v) is 9.31. The van der Waals surface area contributed by atoms with Crippen LogP contribution >= 0.6 is 24.0 Å². The first-order chi connectivity index (χ1) is 13.0. The smallest absolute Gasteiger partial charge is 0.193 e. The van der Waals surface area contributed by atoms with Gasteiger partial charge in [-0.1, -0.05) is 31.1 Å². The Hall–Kier alpha value is -1.68. The summed E-state index contributed by atoms with van der Waals surface area (Å²) in [7, 11) is 1.80. The molecule has 28 heavy (non-hydrogen) atoms. The van der Waals surface area contributed by atoms with Crippen LogP contribution < -0.4 is 5.32 Å². The van der Waals surface area contributed by atoms with Gasteiger partial charge in [0.1, 0.15) is 12.1 Å². The largest absolute Gasteiger partial charge is 0.364 e. The fourth-order valence-electron chi connectivity index (χ4n) is 3.31. The second kappa shape index (κ2) is 10.2. The number of hydrogen-bond acceptors (Lipinski definition) is 4. The Morgan fingerprint density at radius 2 is 2.00 bits per heavy atom. The fourth-order valence-corrected chi connectivity index (χ4v) is 3.31. The van der Waals surface area contributed by atoms with Gasteiger partial charge in [0.15, 0.2) is 5.96 Å². The van der Waals surface area contributed by atoms with Crippen molar-refractivity contribution in [2.45, 2.75) is 25.8 Å². The lowest BCUT2D eigenvalue weighted by Crippen LogP contribution is -2.53. The van der Waals surface area contributed by atoms with Crippen molar-refractivity contribution in [2.24, 2.45) is 4.99 Å². The van der Waals surface area contributed by atoms with Crippen LogP contribution in [-0.2, 0) is 12.0 Å². The first-order valence-electron chi connectivity index (χ1n) is 9.31. The highest BCUT2D eigenvalue weighted by Crippen LogP contribution is 2.23. The summed E-state index contributed by atoms with van der Waals surface area (Å²) in [6, 6.07) is 8.71. The molecule has 0 bridgehead atoms. The van der Waals surface area contributed by atoms with Crippen molar-refractivity contribution in [1.82, 2.24) is 20.3 Å². The summed E-state index contributed by atoms with van der Waals surface area (Å²) in [5, 5.41) is 7.44. The lowest BCUT2D eigenvalue weighted by molar-refractivity contribution is 0.168. The van der Waals surface area contributed by atoms with Crippen molar-refractivity contribution in [3.63, 3.8) is 0 Å². The van der Waals surface area contributed by atoms with E-state index in [2.05, 4.69) is 39.1 Å². The number of benzene rings is 1. The van der Waals surface area contributed by atoms with E-state index in [1.807, 2.05) is 12.1 Å². The molecule has 0 radical (unpaired) electrons. The Morgan fingerprint density at radius 3 is 2.61 bits per heavy atom. The normalized spacial score (nSPS) is 16.0. The summed E-state index contributed by atoms with van der Waals surface area (Å²) >= 11 is 0. The van der Waals surface area contributed by atoms with Crippen molar-refractivity contribution in [2.75, 3.05) is 39.8 Å². The minimum Gasteiger partial charge on any atom is -0.364 e. The third-order valence-corrected chi connectivity index (χ3v) is 5.06. The number of rotatable bonds is 5. The summed E-state index contributed by atoms with van der Waals surface area (Å²) < 4.78 is 18.5. The van der Waals surface area contributed by atoms with Gasteiger partial charge in [-0.3, -0.25) is 9.89 Å². The van der Waals surface area contributed by atoms with Crippen LogP contribution in [0.3, 0.4) is 0 Å². The summed E-state index contributed by atoms with van der Waals surface area (Å²) in [4.78, 5) is 9.06. The van der Waals surface area contributed by atoms with E-state index < -0.39 is 0 Å². The Bertz CT molecular complexity index is 758. The van der Waals surface area contributed by atoms with Gasteiger partial charge in [0.2, 0.25) is 0 Å². The van der Waals surface area contributed by atoms with Crippen LogP contribution in [0, 0.1) is 5.82 Å². The van der Waals surface area contributed by atoms with Crippen LogP contribution in [0.1, 0.15) is 25.1 Å². The Labute approximate surface area is 183 Å². The van der Waals surface area contributed by atoms with Crippen LogP contribution in [0.15, 0.2) is 46.1 Å². The molecule has 0 aliphatic carbocycles. The van der Waals surface area contributed by atoms with E-state index in [0.717, 1.165) is 49.9 Å². The van der Waals surface area contributed by atoms with Crippen molar-refractivity contribution < 1.29 is 8.91 Å². The van der Waals surface area contributed by atoms with Crippen molar-refractivity contribution >= 4 is 29.9 Å². The molecular weight excluding hydrogens is 472 g/mol. The van der Waals surface area contributed by atoms with Crippen molar-refractivity contribution in [1.29, 1.82) is 0 Å². The monoisotopic (exact) mass is 501 g/mol. The molecule has 0 spiro atoms. The van der Waals surface area contributed by atoms with Gasteiger partial charge < -0.3 is 14.7 Å². The van der Waals surface area contributed by atoms with Crippen LogP contribution in [0.5, 0.6) is 0 Å². The maximum Gasteiger partial charge on any atom is 0.193 e. The minimum absolute atomic E-state index is 0. The molecule has 1 aliphatic heterocycles. The third-order valence-electron chi connectivity index (χ3n) is 5.06. The maximum absolute atomic E-state index is 13.6. The number of nitrogens with zero attached hydrogens (tertiary/aromatic N) is 4. The molecule has 2 heterocycles. The number of nitrogens with one attached hydrogen (secondary N) is 1. The topological polar surface area (TPSA) is 56.9 Å². The summed E-state index contributed by atoms with van der Waals surface area (Å²) in [5.41, 5.74) is 1.73. The van der Waals surface area contributed by atoms with Crippen LogP contribution in [0.4, 0.5) is 4.39 Å². The molecule has 6 nitrogen and oxygen atoms in total. The molecule has 1 aromatic carbocycles. The molecule has 1 saturated heterocycles. The summed E-state index contributed by atoms with van der Waals surface area (Å²) in [6.45, 7) is 9.40. The van der Waals surface area contributed by atoms with E-state index >= 15 is 0 Å². The average Bonchev–Trinajstić information content (AvgIpc) is 3.16. The van der Waals surface area contributed by atoms with Crippen LogP contribution in [0.25, 0.3) is 0 Å². The van der Waals surface area contributed by atoms with E-state index in [1.165, 1.54) is 6.07 Å². The molecule has 0 saturated carbocycles. The van der Waals surface area contributed by atoms with Crippen LogP contribution in [0.2, 0.25) is 0 Å². The van der Waals surface area contributed by atoms with E-state index in [4.69, 9.17) is 4.52 Å². The molecule has 3 rings (SSSR count). The number of hydrogen-bond donors (Lipinski definition) is 1. The van der Waals surface area contributed by atoms with Gasteiger partial charge in [0.25, 0.3) is 0 Å². The molecular formula is C20H29FIN5O. The number of guanidine groups is 1. The van der Waals surface area contributed by atoms with Gasteiger partial charge in [0.05, 0.1) is 5.69 Å². The van der Waals surface area contributed by atoms with Crippen molar-refractivity contribution in [3.8, 4) is 0 Å². The summed E-state index contributed by atoms with van der Waals surface area (Å²) in [5.74, 6) is 0.689. The van der Waals surface area contributed by atoms with Crippen LogP contribution in [-0.4, -0.2) is 60.7 Å². The molecule has 0 unspecified atom stereocenters. The van der Waals surface area contributed by atoms with Gasteiger partial charge >= 0.3 is 0 Å². The molecule has 1 aliphatic rings. The zero-order valence-electron chi connectivity index (χ0n) is 16.7. The Kier molecular flexibility index (Phi) is 8.23. The van der Waals surface area contributed by atoms with E-state index in [0.29, 0.717) is 6.54 Å². The molecule has 0 atom stereocenters. The number of aliphatic imine (C=N–C) groups is 1. The molecule has 8 heteroatoms. The quantitative estimate of drug-likeness (QED) is 0.388. The van der Waals surface area contributed by atoms with E-state index in [9.17, 15) is 4.39 Å². The van der Waals surface area contributed by atoms with Gasteiger partial charge in [-0.05, 0) is 17.7 Å². The lowest BCUT2D eigenvalue weighted by Gasteiger charge is -2.37. The highest BCUT2D eigenvalue weighted by molar-refractivity contribution is 14.0. The molecule has 2 aromatic rings. The Morgan fingerprint density at radius 1 is 1.25 bits per heavy atom. The van der Waals surface area contributed by atoms with Gasteiger partial charge in [-0.15, -0.1) is 24.0 Å². The second-order valence-corrected chi connectivity index (χ2v) is 7.55. The zero-order valence-corrected chi connectivity index (χ0v) is 19.0. The van der Waals surface area contributed by atoms with Crippen molar-refractivity contribution in [3.05, 3.63) is 53.7 Å². The Balaban J connectivity index is 0.00000280. The third kappa shape index (κ3) is 5.91. The number of halogens is 2. The molecule has 1 fully saturated rings. The second-order valence-electron chi connectivity index (χ2n) is 7.55. The minimum atomic E-state index is -0.202. The number of piperazine rings is 1. The first kappa shape index (κ1) is 22.6. The molecule has 1 aromatic heterocycles. The van der Waals surface area contributed by atoms with E-state index in [1.54, 1.807) is 25.4 Å². The SMILES string of the molecule is CN=C(NCC(C)(C)c1cccc(F)c1)N1CCN(Cc2ccon2)CC1.I. The standard InChI is InChI=1S/C20H28FN5O.HI/c1-20(2,16-5-4-6-17(21)13-16)15-23-19(22-3)26-10-8-25(9-11-26)14-18-7-12-27-24-18;/h4-7,12-13H,8-11,14-15H2,1-3H3,(H,22,23);1H. The fraction of sp³-hybridized carbons (Fsp3) is 0.500.